The van der Waals surface area contributed by atoms with Gasteiger partial charge >= 0.3 is 0 Å². The summed E-state index contributed by atoms with van der Waals surface area (Å²) in [5.74, 6) is -0.983. The number of nitrogens with one attached hydrogen (secondary N) is 1. The lowest BCUT2D eigenvalue weighted by atomic mass is 10.1. The predicted octanol–water partition coefficient (Wildman–Crippen LogP) is 4.65. The maximum atomic E-state index is 13.8. The topological polar surface area (TPSA) is 12.0 Å². The fourth-order valence-corrected chi connectivity index (χ4v) is 1.82. The summed E-state index contributed by atoms with van der Waals surface area (Å²) in [7, 11) is 0. The predicted molar refractivity (Wildman–Crippen MR) is 68.3 cm³/mol. The van der Waals surface area contributed by atoms with Crippen LogP contribution in [0.5, 0.6) is 0 Å². The molecule has 3 heteroatoms. The van der Waals surface area contributed by atoms with Crippen molar-refractivity contribution in [1.29, 1.82) is 0 Å². The van der Waals surface area contributed by atoms with Crippen molar-refractivity contribution in [2.45, 2.75) is 52.5 Å². The fourth-order valence-electron chi connectivity index (χ4n) is 1.82. The maximum absolute atomic E-state index is 13.8. The van der Waals surface area contributed by atoms with E-state index >= 15 is 0 Å². The molecule has 0 aliphatic heterocycles. The molecule has 0 saturated carbocycles. The highest BCUT2D eigenvalue weighted by Crippen LogP contribution is 2.23. The van der Waals surface area contributed by atoms with Crippen LogP contribution in [0, 0.1) is 18.6 Å². The molecular formula is C14H21F2N. The maximum Gasteiger partial charge on any atom is 0.152 e. The molecule has 0 amide bonds. The Hall–Kier alpha value is -1.12. The van der Waals surface area contributed by atoms with E-state index in [1.165, 1.54) is 12.1 Å². The number of anilines is 1. The molecule has 1 atom stereocenters. The first-order chi connectivity index (χ1) is 8.10. The van der Waals surface area contributed by atoms with E-state index in [4.69, 9.17) is 0 Å². The average Bonchev–Trinajstić information content (AvgIpc) is 2.33. The Morgan fingerprint density at radius 3 is 2.53 bits per heavy atom. The van der Waals surface area contributed by atoms with E-state index in [9.17, 15) is 8.78 Å². The van der Waals surface area contributed by atoms with E-state index in [2.05, 4.69) is 12.2 Å². The Balaban J connectivity index is 2.81. The molecule has 1 unspecified atom stereocenters. The van der Waals surface area contributed by atoms with Gasteiger partial charge in [-0.25, -0.2) is 8.78 Å². The summed E-state index contributed by atoms with van der Waals surface area (Å²) < 4.78 is 27.3. The molecule has 0 fully saturated rings. The van der Waals surface area contributed by atoms with Gasteiger partial charge in [0.2, 0.25) is 0 Å². The molecule has 96 valence electrons. The number of unbranched alkanes of at least 4 members (excludes halogenated alkanes) is 1. The van der Waals surface area contributed by atoms with Crippen molar-refractivity contribution >= 4 is 5.69 Å². The van der Waals surface area contributed by atoms with Crippen LogP contribution in [0.3, 0.4) is 0 Å². The van der Waals surface area contributed by atoms with Crippen LogP contribution < -0.4 is 5.32 Å². The van der Waals surface area contributed by atoms with E-state index in [0.717, 1.165) is 25.7 Å². The molecule has 0 saturated heterocycles. The molecule has 17 heavy (non-hydrogen) atoms. The first-order valence-electron chi connectivity index (χ1n) is 6.31. The Morgan fingerprint density at radius 1 is 1.24 bits per heavy atom. The number of aryl methyl sites for hydroxylation is 1. The minimum Gasteiger partial charge on any atom is -0.378 e. The van der Waals surface area contributed by atoms with Crippen LogP contribution in [0.1, 0.15) is 45.1 Å². The van der Waals surface area contributed by atoms with Crippen LogP contribution in [0.4, 0.5) is 14.5 Å². The third kappa shape index (κ3) is 3.69. The van der Waals surface area contributed by atoms with Gasteiger partial charge in [0.25, 0.3) is 0 Å². The zero-order valence-electron chi connectivity index (χ0n) is 10.8. The summed E-state index contributed by atoms with van der Waals surface area (Å²) in [6, 6.07) is 2.91. The molecule has 0 bridgehead atoms. The third-order valence-electron chi connectivity index (χ3n) is 3.03. The highest BCUT2D eigenvalue weighted by Gasteiger charge is 2.14. The van der Waals surface area contributed by atoms with Crippen molar-refractivity contribution in [2.75, 3.05) is 5.32 Å². The summed E-state index contributed by atoms with van der Waals surface area (Å²) in [5.41, 5.74) is 0.493. The number of hydrogen-bond donors (Lipinski definition) is 1. The van der Waals surface area contributed by atoms with Crippen LogP contribution in [0.25, 0.3) is 0 Å². The van der Waals surface area contributed by atoms with Crippen LogP contribution in [0.2, 0.25) is 0 Å². The molecule has 0 aromatic heterocycles. The van der Waals surface area contributed by atoms with Gasteiger partial charge in [0.05, 0.1) is 0 Å². The van der Waals surface area contributed by atoms with Gasteiger partial charge in [0.15, 0.2) is 5.82 Å². The van der Waals surface area contributed by atoms with Crippen molar-refractivity contribution in [1.82, 2.24) is 0 Å². The van der Waals surface area contributed by atoms with E-state index in [0.29, 0.717) is 5.56 Å². The first kappa shape index (κ1) is 13.9. The van der Waals surface area contributed by atoms with Crippen LogP contribution in [0.15, 0.2) is 12.1 Å². The quantitative estimate of drug-likeness (QED) is 0.764. The van der Waals surface area contributed by atoms with Crippen molar-refractivity contribution in [3.05, 3.63) is 29.3 Å². The first-order valence-corrected chi connectivity index (χ1v) is 6.31. The molecule has 0 spiro atoms. The second kappa shape index (κ2) is 6.58. The number of halogens is 2. The summed E-state index contributed by atoms with van der Waals surface area (Å²) in [5, 5.41) is 2.99. The number of hydrogen-bond acceptors (Lipinski definition) is 1. The Kier molecular flexibility index (Phi) is 5.39. The second-order valence-corrected chi connectivity index (χ2v) is 4.45. The van der Waals surface area contributed by atoms with Crippen LogP contribution >= 0.6 is 0 Å². The lowest BCUT2D eigenvalue weighted by Gasteiger charge is -2.19. The van der Waals surface area contributed by atoms with Crippen molar-refractivity contribution in [3.63, 3.8) is 0 Å². The average molecular weight is 241 g/mol. The zero-order valence-corrected chi connectivity index (χ0v) is 10.8. The molecule has 1 aromatic rings. The van der Waals surface area contributed by atoms with Gasteiger partial charge in [-0.3, -0.25) is 0 Å². The second-order valence-electron chi connectivity index (χ2n) is 4.45. The van der Waals surface area contributed by atoms with E-state index < -0.39 is 11.6 Å². The third-order valence-corrected chi connectivity index (χ3v) is 3.03. The molecule has 0 radical (unpaired) electrons. The Bertz CT molecular complexity index is 363. The van der Waals surface area contributed by atoms with Gasteiger partial charge < -0.3 is 5.32 Å². The summed E-state index contributed by atoms with van der Waals surface area (Å²) in [6.07, 6.45) is 3.98. The number of benzene rings is 1. The Labute approximate surface area is 102 Å². The normalized spacial score (nSPS) is 12.5. The lowest BCUT2D eigenvalue weighted by molar-refractivity contribution is 0.555. The molecule has 1 aromatic carbocycles. The number of rotatable bonds is 6. The molecule has 0 heterocycles. The molecule has 1 rings (SSSR count). The van der Waals surface area contributed by atoms with Gasteiger partial charge in [-0.2, -0.15) is 0 Å². The van der Waals surface area contributed by atoms with Crippen LogP contribution in [-0.4, -0.2) is 6.04 Å². The minimum absolute atomic E-state index is 0.0213. The lowest BCUT2D eigenvalue weighted by Crippen LogP contribution is -2.20. The highest BCUT2D eigenvalue weighted by atomic mass is 19.1. The summed E-state index contributed by atoms with van der Waals surface area (Å²) in [6.45, 7) is 5.78. The van der Waals surface area contributed by atoms with E-state index in [1.807, 2.05) is 6.92 Å². The van der Waals surface area contributed by atoms with Crippen LogP contribution in [-0.2, 0) is 0 Å². The molecule has 0 aliphatic carbocycles. The highest BCUT2D eigenvalue weighted by molar-refractivity contribution is 5.49. The monoisotopic (exact) mass is 241 g/mol. The smallest absolute Gasteiger partial charge is 0.152 e. The van der Waals surface area contributed by atoms with Gasteiger partial charge in [0, 0.05) is 6.04 Å². The summed E-state index contributed by atoms with van der Waals surface area (Å²) in [4.78, 5) is 0. The van der Waals surface area contributed by atoms with E-state index in [-0.39, 0.29) is 11.7 Å². The van der Waals surface area contributed by atoms with Crippen molar-refractivity contribution in [2.24, 2.45) is 0 Å². The molecule has 0 aliphatic rings. The Morgan fingerprint density at radius 2 is 1.94 bits per heavy atom. The largest absolute Gasteiger partial charge is 0.378 e. The fraction of sp³-hybridized carbons (Fsp3) is 0.571. The summed E-state index contributed by atoms with van der Waals surface area (Å²) >= 11 is 0. The van der Waals surface area contributed by atoms with Crippen molar-refractivity contribution in [3.8, 4) is 0 Å². The van der Waals surface area contributed by atoms with Gasteiger partial charge in [-0.05, 0) is 31.4 Å². The SMILES string of the molecule is CCCCC(CC)Nc1c(F)ccc(C)c1F. The molecule has 1 nitrogen and oxygen atoms in total. The van der Waals surface area contributed by atoms with Gasteiger partial charge in [-0.1, -0.05) is 32.8 Å². The van der Waals surface area contributed by atoms with Crippen molar-refractivity contribution < 1.29 is 8.78 Å². The zero-order chi connectivity index (χ0) is 12.8. The molecule has 1 N–H and O–H groups in total. The van der Waals surface area contributed by atoms with Gasteiger partial charge in [-0.15, -0.1) is 0 Å². The van der Waals surface area contributed by atoms with E-state index in [1.54, 1.807) is 6.92 Å². The van der Waals surface area contributed by atoms with Gasteiger partial charge in [0.1, 0.15) is 11.5 Å². The minimum atomic E-state index is -0.511. The molecular weight excluding hydrogens is 220 g/mol. The standard InChI is InChI=1S/C14H21F2N/c1-4-6-7-11(5-2)17-14-12(15)9-8-10(3)13(14)16/h8-9,11,17H,4-7H2,1-3H3.